The first kappa shape index (κ1) is 29.7. The number of hydrogen-bond donors (Lipinski definition) is 3. The van der Waals surface area contributed by atoms with Crippen LogP contribution < -0.4 is 15.4 Å². The van der Waals surface area contributed by atoms with Crippen molar-refractivity contribution in [2.75, 3.05) is 32.1 Å². The van der Waals surface area contributed by atoms with Gasteiger partial charge in [0.2, 0.25) is 10.0 Å². The SMILES string of the molecule is CC(C)NC(=O)Nc1ccc2c(c1)C(=O)N([C@@H](C)CO)C[C@H](C)[C@@H](CN(C)S(=O)(=O)c1ccc(Cl)cc1)O2. The van der Waals surface area contributed by atoms with Crippen molar-refractivity contribution in [3.8, 4) is 5.75 Å². The van der Waals surface area contributed by atoms with E-state index in [2.05, 4.69) is 10.6 Å². The van der Waals surface area contributed by atoms with Crippen LogP contribution in [0.5, 0.6) is 5.75 Å². The van der Waals surface area contributed by atoms with Crippen LogP contribution in [-0.4, -0.2) is 79.6 Å². The summed E-state index contributed by atoms with van der Waals surface area (Å²) in [6.45, 7) is 7.25. The van der Waals surface area contributed by atoms with E-state index in [0.29, 0.717) is 10.7 Å². The summed E-state index contributed by atoms with van der Waals surface area (Å²) in [7, 11) is -2.36. The maximum atomic E-state index is 13.5. The molecule has 12 heteroatoms. The first-order valence-corrected chi connectivity index (χ1v) is 14.2. The number of anilines is 1. The molecular weight excluding hydrogens is 532 g/mol. The van der Waals surface area contributed by atoms with Gasteiger partial charge in [-0.25, -0.2) is 13.2 Å². The summed E-state index contributed by atoms with van der Waals surface area (Å²) in [6, 6.07) is 9.65. The molecule has 3 amide bonds. The molecule has 1 heterocycles. The number of halogens is 1. The topological polar surface area (TPSA) is 128 Å². The molecule has 0 bridgehead atoms. The Kier molecular flexibility index (Phi) is 9.64. The van der Waals surface area contributed by atoms with Gasteiger partial charge in [-0.2, -0.15) is 4.31 Å². The van der Waals surface area contributed by atoms with Crippen molar-refractivity contribution >= 4 is 39.2 Å². The van der Waals surface area contributed by atoms with Crippen LogP contribution >= 0.6 is 11.6 Å². The van der Waals surface area contributed by atoms with Gasteiger partial charge >= 0.3 is 6.03 Å². The fourth-order valence-electron chi connectivity index (χ4n) is 4.09. The number of fused-ring (bicyclic) bond motifs is 1. The van der Waals surface area contributed by atoms with Gasteiger partial charge in [-0.05, 0) is 63.2 Å². The summed E-state index contributed by atoms with van der Waals surface area (Å²) >= 11 is 5.92. The molecule has 2 aromatic carbocycles. The summed E-state index contributed by atoms with van der Waals surface area (Å²) in [5.41, 5.74) is 0.593. The van der Waals surface area contributed by atoms with Crippen LogP contribution in [0.15, 0.2) is 47.4 Å². The van der Waals surface area contributed by atoms with Crippen LogP contribution in [0.3, 0.4) is 0 Å². The van der Waals surface area contributed by atoms with Crippen molar-refractivity contribution < 1.29 is 27.9 Å². The third-order valence-corrected chi connectivity index (χ3v) is 8.39. The number of amides is 3. The van der Waals surface area contributed by atoms with Crippen molar-refractivity contribution in [2.45, 2.75) is 50.8 Å². The largest absolute Gasteiger partial charge is 0.488 e. The fourth-order valence-corrected chi connectivity index (χ4v) is 5.39. The van der Waals surface area contributed by atoms with Gasteiger partial charge in [0.05, 0.1) is 29.7 Å². The van der Waals surface area contributed by atoms with Crippen molar-refractivity contribution in [3.05, 3.63) is 53.1 Å². The highest BCUT2D eigenvalue weighted by molar-refractivity contribution is 7.89. The Bertz CT molecular complexity index is 1250. The zero-order chi connectivity index (χ0) is 28.2. The number of aliphatic hydroxyl groups excluding tert-OH is 1. The third kappa shape index (κ3) is 6.96. The van der Waals surface area contributed by atoms with Crippen molar-refractivity contribution in [3.63, 3.8) is 0 Å². The van der Waals surface area contributed by atoms with E-state index in [1.807, 2.05) is 20.8 Å². The van der Waals surface area contributed by atoms with E-state index in [1.165, 1.54) is 41.7 Å². The molecule has 2 aromatic rings. The number of carbonyl (C=O) groups is 2. The molecule has 1 aliphatic rings. The predicted molar refractivity (Wildman–Crippen MR) is 146 cm³/mol. The zero-order valence-electron chi connectivity index (χ0n) is 22.1. The monoisotopic (exact) mass is 566 g/mol. The normalized spacial score (nSPS) is 18.9. The van der Waals surface area contributed by atoms with Gasteiger partial charge in [0.15, 0.2) is 0 Å². The molecule has 0 aliphatic carbocycles. The van der Waals surface area contributed by atoms with Gasteiger partial charge in [0.25, 0.3) is 5.91 Å². The van der Waals surface area contributed by atoms with Crippen molar-refractivity contribution in [2.24, 2.45) is 5.92 Å². The van der Waals surface area contributed by atoms with Gasteiger partial charge in [-0.15, -0.1) is 0 Å². The zero-order valence-corrected chi connectivity index (χ0v) is 23.7. The Labute approximate surface area is 229 Å². The molecule has 0 spiro atoms. The van der Waals surface area contributed by atoms with E-state index in [0.717, 1.165) is 0 Å². The van der Waals surface area contributed by atoms with Crippen molar-refractivity contribution in [1.82, 2.24) is 14.5 Å². The molecule has 3 atom stereocenters. The molecule has 0 saturated carbocycles. The summed E-state index contributed by atoms with van der Waals surface area (Å²) in [4.78, 5) is 27.4. The first-order valence-electron chi connectivity index (χ1n) is 12.4. The Balaban J connectivity index is 1.94. The minimum Gasteiger partial charge on any atom is -0.488 e. The third-order valence-electron chi connectivity index (χ3n) is 6.30. The van der Waals surface area contributed by atoms with Gasteiger partial charge in [-0.1, -0.05) is 18.5 Å². The summed E-state index contributed by atoms with van der Waals surface area (Å²) < 4.78 is 33.9. The molecule has 3 rings (SSSR count). The number of benzene rings is 2. The van der Waals surface area contributed by atoms with E-state index >= 15 is 0 Å². The second-order valence-electron chi connectivity index (χ2n) is 9.83. The van der Waals surface area contributed by atoms with E-state index in [-0.39, 0.29) is 53.8 Å². The predicted octanol–water partition coefficient (Wildman–Crippen LogP) is 3.41. The molecule has 10 nitrogen and oxygen atoms in total. The lowest BCUT2D eigenvalue weighted by Crippen LogP contribution is -2.50. The molecular formula is C26H35ClN4O6S. The van der Waals surface area contributed by atoms with Gasteiger partial charge in [0.1, 0.15) is 11.9 Å². The average molecular weight is 567 g/mol. The number of nitrogens with one attached hydrogen (secondary N) is 2. The average Bonchev–Trinajstić information content (AvgIpc) is 2.85. The van der Waals surface area contributed by atoms with Crippen LogP contribution in [0.4, 0.5) is 10.5 Å². The first-order chi connectivity index (χ1) is 17.8. The Morgan fingerprint density at radius 2 is 1.87 bits per heavy atom. The van der Waals surface area contributed by atoms with Crippen LogP contribution in [0, 0.1) is 5.92 Å². The molecule has 0 aromatic heterocycles. The number of hydrogen-bond acceptors (Lipinski definition) is 6. The van der Waals surface area contributed by atoms with E-state index in [4.69, 9.17) is 16.3 Å². The Morgan fingerprint density at radius 1 is 1.21 bits per heavy atom. The highest BCUT2D eigenvalue weighted by atomic mass is 35.5. The lowest BCUT2D eigenvalue weighted by Gasteiger charge is -2.38. The maximum absolute atomic E-state index is 13.5. The fraction of sp³-hybridized carbons (Fsp3) is 0.462. The maximum Gasteiger partial charge on any atom is 0.319 e. The molecule has 1 aliphatic heterocycles. The molecule has 38 heavy (non-hydrogen) atoms. The summed E-state index contributed by atoms with van der Waals surface area (Å²) in [5.74, 6) is -0.380. The van der Waals surface area contributed by atoms with Crippen LogP contribution in [0.25, 0.3) is 0 Å². The summed E-state index contributed by atoms with van der Waals surface area (Å²) in [5, 5.41) is 15.7. The standard InChI is InChI=1S/C26H35ClN4O6S/c1-16(2)28-26(34)29-20-8-11-23-22(12-20)25(33)31(18(4)15-32)13-17(3)24(37-23)14-30(5)38(35,36)21-9-6-19(27)7-10-21/h6-12,16-18,24,32H,13-15H2,1-5H3,(H2,28,29,34)/t17-,18-,24+/m0/s1. The molecule has 0 fully saturated rings. The molecule has 208 valence electrons. The molecule has 0 saturated heterocycles. The number of nitrogens with zero attached hydrogens (tertiary/aromatic N) is 2. The molecule has 0 radical (unpaired) electrons. The number of urea groups is 1. The lowest BCUT2D eigenvalue weighted by molar-refractivity contribution is 0.0387. The van der Waals surface area contributed by atoms with Gasteiger partial charge in [0, 0.05) is 36.3 Å². The van der Waals surface area contributed by atoms with Gasteiger partial charge < -0.3 is 25.4 Å². The molecule has 3 N–H and O–H groups in total. The Morgan fingerprint density at radius 3 is 2.47 bits per heavy atom. The number of aliphatic hydroxyl groups is 1. The lowest BCUT2D eigenvalue weighted by atomic mass is 9.99. The summed E-state index contributed by atoms with van der Waals surface area (Å²) in [6.07, 6.45) is -0.620. The number of carbonyl (C=O) groups excluding carboxylic acids is 2. The Hall–Kier alpha value is -2.86. The van der Waals surface area contributed by atoms with E-state index in [9.17, 15) is 23.1 Å². The van der Waals surface area contributed by atoms with Crippen LogP contribution in [0.1, 0.15) is 38.1 Å². The van der Waals surface area contributed by atoms with E-state index < -0.39 is 28.2 Å². The van der Waals surface area contributed by atoms with Crippen LogP contribution in [0.2, 0.25) is 5.02 Å². The number of ether oxygens (including phenoxy) is 1. The number of rotatable bonds is 8. The second kappa shape index (κ2) is 12.3. The smallest absolute Gasteiger partial charge is 0.319 e. The highest BCUT2D eigenvalue weighted by Gasteiger charge is 2.35. The molecule has 0 unspecified atom stereocenters. The number of likely N-dealkylation sites (N-methyl/N-ethyl adjacent to an activating group) is 1. The minimum absolute atomic E-state index is 0.0118. The van der Waals surface area contributed by atoms with E-state index in [1.54, 1.807) is 24.0 Å². The number of sulfonamides is 1. The minimum atomic E-state index is -3.83. The van der Waals surface area contributed by atoms with Gasteiger partial charge in [-0.3, -0.25) is 4.79 Å². The van der Waals surface area contributed by atoms with Crippen LogP contribution in [-0.2, 0) is 10.0 Å². The quantitative estimate of drug-likeness (QED) is 0.449. The highest BCUT2D eigenvalue weighted by Crippen LogP contribution is 2.31. The second-order valence-corrected chi connectivity index (χ2v) is 12.3. The van der Waals surface area contributed by atoms with Crippen molar-refractivity contribution in [1.29, 1.82) is 0 Å².